The predicted molar refractivity (Wildman–Crippen MR) is 97.7 cm³/mol. The predicted octanol–water partition coefficient (Wildman–Crippen LogP) is 3.11. The molecule has 0 saturated heterocycles. The van der Waals surface area contributed by atoms with Crippen LogP contribution in [0, 0.1) is 17.5 Å². The number of esters is 1. The number of carbonyl (C=O) groups is 1. The highest BCUT2D eigenvalue weighted by Crippen LogP contribution is 2.37. The molecule has 1 N–H and O–H groups in total. The van der Waals surface area contributed by atoms with Gasteiger partial charge in [0.1, 0.15) is 4.90 Å². The summed E-state index contributed by atoms with van der Waals surface area (Å²) in [6.45, 7) is 0. The zero-order chi connectivity index (χ0) is 21.8. The fourth-order valence-electron chi connectivity index (χ4n) is 2.28. The number of rotatable bonds is 7. The van der Waals surface area contributed by atoms with Gasteiger partial charge >= 0.3 is 5.97 Å². The first-order chi connectivity index (χ1) is 13.6. The minimum atomic E-state index is -4.54. The average molecular weight is 431 g/mol. The van der Waals surface area contributed by atoms with Crippen LogP contribution in [-0.2, 0) is 19.6 Å². The van der Waals surface area contributed by atoms with Crippen molar-refractivity contribution in [2.24, 2.45) is 0 Å². The van der Waals surface area contributed by atoms with Gasteiger partial charge in [-0.15, -0.1) is 0 Å². The smallest absolute Gasteiger partial charge is 0.330 e. The van der Waals surface area contributed by atoms with Crippen LogP contribution >= 0.6 is 0 Å². The molecule has 0 aromatic heterocycles. The zero-order valence-corrected chi connectivity index (χ0v) is 16.3. The van der Waals surface area contributed by atoms with Crippen molar-refractivity contribution < 1.29 is 40.6 Å². The molecule has 0 spiro atoms. The first-order valence-corrected chi connectivity index (χ1v) is 9.31. The molecule has 0 amide bonds. The van der Waals surface area contributed by atoms with Gasteiger partial charge in [-0.1, -0.05) is 0 Å². The highest BCUT2D eigenvalue weighted by atomic mass is 32.2. The second-order valence-corrected chi connectivity index (χ2v) is 7.09. The Kier molecular flexibility index (Phi) is 6.75. The molecule has 0 aliphatic rings. The summed E-state index contributed by atoms with van der Waals surface area (Å²) >= 11 is 0. The summed E-state index contributed by atoms with van der Waals surface area (Å²) in [6.07, 6.45) is 2.30. The summed E-state index contributed by atoms with van der Waals surface area (Å²) in [4.78, 5) is 10.8. The van der Waals surface area contributed by atoms with Crippen LogP contribution in [0.2, 0.25) is 0 Å². The van der Waals surface area contributed by atoms with E-state index in [1.165, 1.54) is 26.4 Å². The molecule has 0 atom stereocenters. The monoisotopic (exact) mass is 431 g/mol. The van der Waals surface area contributed by atoms with Gasteiger partial charge in [-0.05, 0) is 35.9 Å². The molecule has 2 aromatic rings. The molecule has 0 radical (unpaired) electrons. The lowest BCUT2D eigenvalue weighted by Crippen LogP contribution is -2.16. The summed E-state index contributed by atoms with van der Waals surface area (Å²) in [5.41, 5.74) is -0.598. The van der Waals surface area contributed by atoms with E-state index in [1.807, 2.05) is 4.72 Å². The van der Waals surface area contributed by atoms with Gasteiger partial charge in [0.2, 0.25) is 0 Å². The van der Waals surface area contributed by atoms with Crippen molar-refractivity contribution in [1.29, 1.82) is 0 Å². The summed E-state index contributed by atoms with van der Waals surface area (Å²) in [6, 6.07) is 3.80. The van der Waals surface area contributed by atoms with Crippen LogP contribution in [0.25, 0.3) is 6.08 Å². The number of halogens is 3. The quantitative estimate of drug-likeness (QED) is 0.412. The van der Waals surface area contributed by atoms with E-state index in [0.717, 1.165) is 25.3 Å². The maximum Gasteiger partial charge on any atom is 0.330 e. The molecule has 0 aliphatic carbocycles. The summed E-state index contributed by atoms with van der Waals surface area (Å²) < 4.78 is 82.5. The van der Waals surface area contributed by atoms with Crippen LogP contribution in [0.5, 0.6) is 11.5 Å². The lowest BCUT2D eigenvalue weighted by Gasteiger charge is -2.16. The highest BCUT2D eigenvalue weighted by molar-refractivity contribution is 7.92. The second kappa shape index (κ2) is 8.86. The number of carbonyl (C=O) groups excluding carboxylic acids is 1. The van der Waals surface area contributed by atoms with Gasteiger partial charge in [0.05, 0.1) is 27.0 Å². The van der Waals surface area contributed by atoms with Crippen LogP contribution in [-0.4, -0.2) is 35.7 Å². The summed E-state index contributed by atoms with van der Waals surface area (Å²) in [7, 11) is -0.943. The maximum atomic E-state index is 13.9. The van der Waals surface area contributed by atoms with E-state index in [2.05, 4.69) is 4.74 Å². The third-order valence-corrected chi connectivity index (χ3v) is 5.02. The van der Waals surface area contributed by atoms with E-state index < -0.39 is 44.0 Å². The minimum absolute atomic E-state index is 0.00866. The molecule has 7 nitrogen and oxygen atoms in total. The van der Waals surface area contributed by atoms with Crippen molar-refractivity contribution in [1.82, 2.24) is 0 Å². The Bertz CT molecular complexity index is 1070. The maximum absolute atomic E-state index is 13.9. The molecular formula is C18H16F3NO6S. The Hall–Kier alpha value is -3.21. The number of nitrogens with one attached hydrogen (secondary N) is 1. The van der Waals surface area contributed by atoms with Crippen molar-refractivity contribution in [3.63, 3.8) is 0 Å². The molecule has 0 unspecified atom stereocenters. The summed E-state index contributed by atoms with van der Waals surface area (Å²) in [5, 5.41) is 0. The lowest BCUT2D eigenvalue weighted by atomic mass is 10.2. The molecule has 2 aromatic carbocycles. The molecule has 11 heteroatoms. The fourth-order valence-corrected chi connectivity index (χ4v) is 3.56. The molecule has 0 fully saturated rings. The van der Waals surface area contributed by atoms with E-state index in [9.17, 15) is 26.4 Å². The Balaban J connectivity index is 2.59. The Morgan fingerprint density at radius 3 is 2.31 bits per heavy atom. The molecule has 0 aliphatic heterocycles. The van der Waals surface area contributed by atoms with E-state index in [-0.39, 0.29) is 17.1 Å². The number of benzene rings is 2. The van der Waals surface area contributed by atoms with Crippen molar-refractivity contribution in [2.75, 3.05) is 26.1 Å². The highest BCUT2D eigenvalue weighted by Gasteiger charge is 2.26. The minimum Gasteiger partial charge on any atom is -0.493 e. The number of hydrogen-bond acceptors (Lipinski definition) is 6. The van der Waals surface area contributed by atoms with E-state index in [0.29, 0.717) is 6.07 Å². The van der Waals surface area contributed by atoms with Gasteiger partial charge < -0.3 is 14.2 Å². The molecule has 0 saturated carbocycles. The Morgan fingerprint density at radius 2 is 1.72 bits per heavy atom. The topological polar surface area (TPSA) is 90.9 Å². The average Bonchev–Trinajstić information content (AvgIpc) is 2.71. The Labute approximate surface area is 164 Å². The normalized spacial score (nSPS) is 11.4. The first-order valence-electron chi connectivity index (χ1n) is 7.83. The van der Waals surface area contributed by atoms with Gasteiger partial charge in [0.15, 0.2) is 29.0 Å². The first kappa shape index (κ1) is 22.1. The zero-order valence-electron chi connectivity index (χ0n) is 15.5. The number of ether oxygens (including phenoxy) is 3. The number of anilines is 1. The SMILES string of the molecule is COC(=O)/C=C/c1cc(OC)c(OC)c(S(=O)(=O)Nc2ccc(F)c(F)c2F)c1. The van der Waals surface area contributed by atoms with Gasteiger partial charge in [0, 0.05) is 6.08 Å². The van der Waals surface area contributed by atoms with E-state index in [1.54, 1.807) is 0 Å². The molecule has 156 valence electrons. The van der Waals surface area contributed by atoms with Crippen LogP contribution in [0.4, 0.5) is 18.9 Å². The van der Waals surface area contributed by atoms with Gasteiger partial charge in [-0.3, -0.25) is 4.72 Å². The number of hydrogen-bond donors (Lipinski definition) is 1. The standard InChI is InChI=1S/C18H16F3NO6S/c1-26-13-8-10(4-7-15(23)27-2)9-14(18(13)28-3)29(24,25)22-12-6-5-11(19)16(20)17(12)21/h4-9,22H,1-3H3/b7-4+. The van der Waals surface area contributed by atoms with Crippen molar-refractivity contribution in [2.45, 2.75) is 4.90 Å². The third-order valence-electron chi connectivity index (χ3n) is 3.65. The van der Waals surface area contributed by atoms with E-state index >= 15 is 0 Å². The van der Waals surface area contributed by atoms with Crippen LogP contribution in [0.15, 0.2) is 35.2 Å². The largest absolute Gasteiger partial charge is 0.493 e. The number of methoxy groups -OCH3 is 3. The van der Waals surface area contributed by atoms with Gasteiger partial charge in [-0.2, -0.15) is 0 Å². The lowest BCUT2D eigenvalue weighted by molar-refractivity contribution is -0.134. The van der Waals surface area contributed by atoms with E-state index in [4.69, 9.17) is 9.47 Å². The van der Waals surface area contributed by atoms with Crippen LogP contribution < -0.4 is 14.2 Å². The van der Waals surface area contributed by atoms with Crippen molar-refractivity contribution in [3.8, 4) is 11.5 Å². The fraction of sp³-hybridized carbons (Fsp3) is 0.167. The van der Waals surface area contributed by atoms with Crippen LogP contribution in [0.3, 0.4) is 0 Å². The van der Waals surface area contributed by atoms with Crippen LogP contribution in [0.1, 0.15) is 5.56 Å². The van der Waals surface area contributed by atoms with Crippen molar-refractivity contribution >= 4 is 27.8 Å². The molecule has 29 heavy (non-hydrogen) atoms. The molecular weight excluding hydrogens is 415 g/mol. The van der Waals surface area contributed by atoms with Gasteiger partial charge in [0.25, 0.3) is 10.0 Å². The number of sulfonamides is 1. The third kappa shape index (κ3) is 4.80. The van der Waals surface area contributed by atoms with Gasteiger partial charge in [-0.25, -0.2) is 26.4 Å². The van der Waals surface area contributed by atoms with Crippen molar-refractivity contribution in [3.05, 3.63) is 53.4 Å². The molecule has 2 rings (SSSR count). The second-order valence-electron chi connectivity index (χ2n) is 5.44. The molecule has 0 heterocycles. The molecule has 0 bridgehead atoms. The Morgan fingerprint density at radius 1 is 1.03 bits per heavy atom. The summed E-state index contributed by atoms with van der Waals surface area (Å²) in [5.74, 6) is -5.93.